The summed E-state index contributed by atoms with van der Waals surface area (Å²) in [6, 6.07) is 4.62. The molecule has 1 rings (SSSR count). The van der Waals surface area contributed by atoms with E-state index >= 15 is 0 Å². The van der Waals surface area contributed by atoms with E-state index in [1.54, 1.807) is 19.1 Å². The number of para-hydroxylation sites is 1. The Morgan fingerprint density at radius 1 is 1.42 bits per heavy atom. The van der Waals surface area contributed by atoms with E-state index in [1.165, 1.54) is 6.07 Å². The number of hydrogen-bond donors (Lipinski definition) is 2. The van der Waals surface area contributed by atoms with Crippen LogP contribution in [0.15, 0.2) is 18.2 Å². The molecule has 0 spiro atoms. The van der Waals surface area contributed by atoms with Crippen molar-refractivity contribution in [2.75, 3.05) is 0 Å². The number of benzene rings is 1. The van der Waals surface area contributed by atoms with Gasteiger partial charge in [0.25, 0.3) is 0 Å². The quantitative estimate of drug-likeness (QED) is 0.697. The van der Waals surface area contributed by atoms with Gasteiger partial charge in [-0.2, -0.15) is 0 Å². The molecule has 0 radical (unpaired) electrons. The van der Waals surface area contributed by atoms with E-state index in [9.17, 15) is 9.90 Å². The molecular weight excluding hydrogens is 208 g/mol. The Morgan fingerprint density at radius 3 is 2.42 bits per heavy atom. The van der Waals surface area contributed by atoms with Crippen LogP contribution in [0.3, 0.4) is 0 Å². The third kappa shape index (κ3) is 2.00. The smallest absolute Gasteiger partial charge is 0.507 e. The van der Waals surface area contributed by atoms with Crippen molar-refractivity contribution in [3.05, 3.63) is 29.3 Å². The van der Waals surface area contributed by atoms with Crippen molar-refractivity contribution < 1.29 is 32.1 Å². The zero-order valence-electron chi connectivity index (χ0n) is 6.34. The number of aromatic hydroxyl groups is 1. The van der Waals surface area contributed by atoms with E-state index in [2.05, 4.69) is 0 Å². The van der Waals surface area contributed by atoms with Gasteiger partial charge in [0, 0.05) is 0 Å². The normalized spacial score (nSPS) is 8.75. The zero-order chi connectivity index (χ0) is 8.43. The van der Waals surface area contributed by atoms with Crippen LogP contribution in [0.1, 0.15) is 15.9 Å². The molecule has 12 heavy (non-hydrogen) atoms. The second kappa shape index (κ2) is 4.14. The van der Waals surface area contributed by atoms with Crippen molar-refractivity contribution in [3.63, 3.8) is 0 Å². The molecule has 0 unspecified atom stereocenters. The number of aromatic carboxylic acids is 1. The van der Waals surface area contributed by atoms with Gasteiger partial charge in [0.2, 0.25) is 0 Å². The summed E-state index contributed by atoms with van der Waals surface area (Å²) in [6.07, 6.45) is 0. The molecule has 1 aromatic carbocycles. The first-order chi connectivity index (χ1) is 5.13. The minimum Gasteiger partial charge on any atom is -0.507 e. The fourth-order valence-corrected chi connectivity index (χ4v) is 0.832. The Kier molecular flexibility index (Phi) is 3.80. The van der Waals surface area contributed by atoms with Crippen molar-refractivity contribution in [1.29, 1.82) is 0 Å². The summed E-state index contributed by atoms with van der Waals surface area (Å²) in [5, 5.41) is 17.7. The molecular formula is C8H8CuO3+. The van der Waals surface area contributed by atoms with Crippen molar-refractivity contribution in [2.24, 2.45) is 0 Å². The molecule has 68 valence electrons. The van der Waals surface area contributed by atoms with Crippen LogP contribution >= 0.6 is 0 Å². The molecule has 0 amide bonds. The van der Waals surface area contributed by atoms with Gasteiger partial charge in [-0.05, 0) is 18.6 Å². The monoisotopic (exact) mass is 215 g/mol. The van der Waals surface area contributed by atoms with Gasteiger partial charge >= 0.3 is 23.0 Å². The molecule has 0 aromatic heterocycles. The van der Waals surface area contributed by atoms with Crippen molar-refractivity contribution in [2.45, 2.75) is 6.92 Å². The summed E-state index contributed by atoms with van der Waals surface area (Å²) in [7, 11) is 0. The molecule has 0 bridgehead atoms. The van der Waals surface area contributed by atoms with Crippen LogP contribution in [0.4, 0.5) is 0 Å². The summed E-state index contributed by atoms with van der Waals surface area (Å²) in [6.45, 7) is 1.65. The average Bonchev–Trinajstić information content (AvgIpc) is 1.94. The molecule has 0 aliphatic rings. The SMILES string of the molecule is Cc1cccc(C(=O)O)c1O.[Cu+]. The molecule has 2 N–H and O–H groups in total. The number of phenols is 1. The van der Waals surface area contributed by atoms with E-state index in [0.29, 0.717) is 5.56 Å². The maximum Gasteiger partial charge on any atom is 1.00 e. The van der Waals surface area contributed by atoms with Gasteiger partial charge in [-0.15, -0.1) is 0 Å². The molecule has 3 nitrogen and oxygen atoms in total. The van der Waals surface area contributed by atoms with Crippen molar-refractivity contribution >= 4 is 5.97 Å². The first kappa shape index (κ1) is 11.0. The van der Waals surface area contributed by atoms with E-state index in [0.717, 1.165) is 0 Å². The third-order valence-electron chi connectivity index (χ3n) is 1.47. The van der Waals surface area contributed by atoms with E-state index in [4.69, 9.17) is 5.11 Å². The number of carboxylic acid groups (broad SMARTS) is 1. The zero-order valence-corrected chi connectivity index (χ0v) is 7.28. The summed E-state index contributed by atoms with van der Waals surface area (Å²) in [4.78, 5) is 10.4. The van der Waals surface area contributed by atoms with Crippen LogP contribution in [-0.2, 0) is 17.1 Å². The minimum atomic E-state index is -1.11. The van der Waals surface area contributed by atoms with Gasteiger partial charge in [0.1, 0.15) is 11.3 Å². The van der Waals surface area contributed by atoms with Crippen LogP contribution < -0.4 is 0 Å². The molecule has 0 aliphatic carbocycles. The number of carboxylic acids is 1. The van der Waals surface area contributed by atoms with Crippen LogP contribution in [0.2, 0.25) is 0 Å². The largest absolute Gasteiger partial charge is 1.00 e. The van der Waals surface area contributed by atoms with Gasteiger partial charge < -0.3 is 10.2 Å². The topological polar surface area (TPSA) is 57.5 Å². The number of rotatable bonds is 1. The Bertz CT molecular complexity index is 296. The average molecular weight is 216 g/mol. The molecule has 0 saturated carbocycles. The Labute approximate surface area is 80.5 Å². The van der Waals surface area contributed by atoms with Crippen LogP contribution in [-0.4, -0.2) is 16.2 Å². The molecule has 4 heteroatoms. The summed E-state index contributed by atoms with van der Waals surface area (Å²) >= 11 is 0. The van der Waals surface area contributed by atoms with E-state index in [-0.39, 0.29) is 28.4 Å². The molecule has 1 aromatic rings. The standard InChI is InChI=1S/C8H8O3.Cu/c1-5-3-2-4-6(7(5)9)8(10)11;/h2-4,9H,1H3,(H,10,11);/q;+1. The summed E-state index contributed by atoms with van der Waals surface area (Å²) < 4.78 is 0. The van der Waals surface area contributed by atoms with Gasteiger partial charge in [-0.25, -0.2) is 4.79 Å². The summed E-state index contributed by atoms with van der Waals surface area (Å²) in [5.74, 6) is -1.26. The number of aryl methyl sites for hydroxylation is 1. The minimum absolute atomic E-state index is 0. The van der Waals surface area contributed by atoms with Crippen molar-refractivity contribution in [1.82, 2.24) is 0 Å². The fraction of sp³-hybridized carbons (Fsp3) is 0.125. The molecule has 0 fully saturated rings. The maximum atomic E-state index is 10.4. The maximum absolute atomic E-state index is 10.4. The van der Waals surface area contributed by atoms with Gasteiger partial charge in [0.05, 0.1) is 0 Å². The Morgan fingerprint density at radius 2 is 2.00 bits per heavy atom. The Balaban J connectivity index is 0.00000121. The third-order valence-corrected chi connectivity index (χ3v) is 1.47. The van der Waals surface area contributed by atoms with Crippen molar-refractivity contribution in [3.8, 4) is 5.75 Å². The number of carbonyl (C=O) groups is 1. The molecule has 0 aliphatic heterocycles. The predicted molar refractivity (Wildman–Crippen MR) is 39.8 cm³/mol. The second-order valence-corrected chi connectivity index (χ2v) is 2.28. The molecule has 0 saturated heterocycles. The Hall–Kier alpha value is -0.991. The van der Waals surface area contributed by atoms with Gasteiger partial charge in [-0.1, -0.05) is 12.1 Å². The first-order valence-electron chi connectivity index (χ1n) is 3.15. The van der Waals surface area contributed by atoms with E-state index < -0.39 is 5.97 Å². The number of hydrogen-bond acceptors (Lipinski definition) is 2. The first-order valence-corrected chi connectivity index (χ1v) is 3.15. The van der Waals surface area contributed by atoms with Crippen LogP contribution in [0.25, 0.3) is 0 Å². The predicted octanol–water partition coefficient (Wildman–Crippen LogP) is 1.40. The van der Waals surface area contributed by atoms with Crippen LogP contribution in [0.5, 0.6) is 5.75 Å². The fourth-order valence-electron chi connectivity index (χ4n) is 0.832. The van der Waals surface area contributed by atoms with E-state index in [1.807, 2.05) is 0 Å². The molecule has 0 heterocycles. The van der Waals surface area contributed by atoms with Crippen LogP contribution in [0, 0.1) is 6.92 Å². The van der Waals surface area contributed by atoms with Gasteiger partial charge in [-0.3, -0.25) is 0 Å². The second-order valence-electron chi connectivity index (χ2n) is 2.28. The molecule has 0 atom stereocenters. The summed E-state index contributed by atoms with van der Waals surface area (Å²) in [5.41, 5.74) is 0.523. The van der Waals surface area contributed by atoms with Gasteiger partial charge in [0.15, 0.2) is 0 Å².